The second-order valence-corrected chi connectivity index (χ2v) is 6.57. The lowest BCUT2D eigenvalue weighted by Crippen LogP contribution is -2.45. The Morgan fingerprint density at radius 3 is 2.47 bits per heavy atom. The average Bonchev–Trinajstić information content (AvgIpc) is 2.39. The van der Waals surface area contributed by atoms with Crippen LogP contribution in [0, 0.1) is 5.92 Å². The first-order valence-corrected chi connectivity index (χ1v) is 7.76. The molecule has 1 heterocycles. The predicted octanol–water partition coefficient (Wildman–Crippen LogP) is 1.45. The molecule has 110 valence electrons. The molecule has 0 spiro atoms. The summed E-state index contributed by atoms with van der Waals surface area (Å²) >= 11 is 0. The lowest BCUT2D eigenvalue weighted by Gasteiger charge is -2.36. The van der Waals surface area contributed by atoms with Crippen LogP contribution in [0.5, 0.6) is 0 Å². The van der Waals surface area contributed by atoms with Gasteiger partial charge in [0.2, 0.25) is 5.91 Å². The first-order chi connectivity index (χ1) is 9.06. The minimum atomic E-state index is 0.325. The maximum atomic E-state index is 12.3. The molecule has 2 unspecified atom stereocenters. The van der Waals surface area contributed by atoms with Crippen molar-refractivity contribution in [2.75, 3.05) is 27.2 Å². The van der Waals surface area contributed by atoms with Crippen LogP contribution in [0.1, 0.15) is 44.9 Å². The summed E-state index contributed by atoms with van der Waals surface area (Å²) in [6, 6.07) is 0.971. The Morgan fingerprint density at radius 1 is 1.21 bits per heavy atom. The molecule has 1 amide bonds. The fourth-order valence-electron chi connectivity index (χ4n) is 3.53. The predicted molar refractivity (Wildman–Crippen MR) is 77.8 cm³/mol. The van der Waals surface area contributed by atoms with Gasteiger partial charge in [-0.25, -0.2) is 0 Å². The fourth-order valence-corrected chi connectivity index (χ4v) is 3.53. The first kappa shape index (κ1) is 14.8. The van der Waals surface area contributed by atoms with E-state index in [0.717, 1.165) is 45.2 Å². The van der Waals surface area contributed by atoms with Crippen LogP contribution >= 0.6 is 0 Å². The lowest BCUT2D eigenvalue weighted by molar-refractivity contribution is -0.134. The highest BCUT2D eigenvalue weighted by atomic mass is 16.2. The second kappa shape index (κ2) is 6.71. The molecule has 4 heteroatoms. The van der Waals surface area contributed by atoms with Gasteiger partial charge in [0.1, 0.15) is 0 Å². The fraction of sp³-hybridized carbons (Fsp3) is 0.933. The zero-order chi connectivity index (χ0) is 13.8. The van der Waals surface area contributed by atoms with Gasteiger partial charge in [0.15, 0.2) is 0 Å². The first-order valence-electron chi connectivity index (χ1n) is 7.76. The minimum Gasteiger partial charge on any atom is -0.343 e. The summed E-state index contributed by atoms with van der Waals surface area (Å²) in [6.07, 6.45) is 7.51. The Labute approximate surface area is 117 Å². The number of nitrogens with two attached hydrogens (primary N) is 1. The zero-order valence-corrected chi connectivity index (χ0v) is 12.5. The molecule has 2 rings (SSSR count). The van der Waals surface area contributed by atoms with Crippen LogP contribution in [0.3, 0.4) is 0 Å². The summed E-state index contributed by atoms with van der Waals surface area (Å²) in [5, 5.41) is 0. The molecule has 2 N–H and O–H groups in total. The highest BCUT2D eigenvalue weighted by Gasteiger charge is 2.27. The van der Waals surface area contributed by atoms with Crippen molar-refractivity contribution in [3.8, 4) is 0 Å². The van der Waals surface area contributed by atoms with Crippen LogP contribution in [-0.4, -0.2) is 55.0 Å². The molecule has 0 aromatic heterocycles. The molecule has 0 radical (unpaired) electrons. The van der Waals surface area contributed by atoms with Crippen LogP contribution in [-0.2, 0) is 4.79 Å². The van der Waals surface area contributed by atoms with E-state index in [2.05, 4.69) is 23.9 Å². The van der Waals surface area contributed by atoms with Crippen molar-refractivity contribution >= 4 is 5.91 Å². The molecule has 2 atom stereocenters. The van der Waals surface area contributed by atoms with E-state index in [1.165, 1.54) is 12.8 Å². The molecule has 4 nitrogen and oxygen atoms in total. The SMILES string of the molecule is CN(C)C1CCN(C(=O)CC2CCCC(N)C2)CC1. The van der Waals surface area contributed by atoms with Gasteiger partial charge in [0, 0.05) is 31.6 Å². The molecule has 2 fully saturated rings. The molecule has 0 aromatic rings. The van der Waals surface area contributed by atoms with Gasteiger partial charge in [-0.05, 0) is 52.1 Å². The molecule has 1 aliphatic heterocycles. The van der Waals surface area contributed by atoms with Gasteiger partial charge < -0.3 is 15.5 Å². The Morgan fingerprint density at radius 2 is 1.89 bits per heavy atom. The molecule has 0 aromatic carbocycles. The molecule has 19 heavy (non-hydrogen) atoms. The van der Waals surface area contributed by atoms with E-state index < -0.39 is 0 Å². The highest BCUT2D eigenvalue weighted by Crippen LogP contribution is 2.27. The number of rotatable bonds is 3. The normalized spacial score (nSPS) is 29.8. The van der Waals surface area contributed by atoms with E-state index in [1.807, 2.05) is 0 Å². The van der Waals surface area contributed by atoms with Crippen molar-refractivity contribution in [1.29, 1.82) is 0 Å². The van der Waals surface area contributed by atoms with Gasteiger partial charge >= 0.3 is 0 Å². The lowest BCUT2D eigenvalue weighted by atomic mass is 9.84. The number of piperidine rings is 1. The van der Waals surface area contributed by atoms with Crippen molar-refractivity contribution in [2.45, 2.75) is 57.0 Å². The van der Waals surface area contributed by atoms with Crippen LogP contribution < -0.4 is 5.73 Å². The monoisotopic (exact) mass is 267 g/mol. The van der Waals surface area contributed by atoms with E-state index in [9.17, 15) is 4.79 Å². The number of hydrogen-bond donors (Lipinski definition) is 1. The largest absolute Gasteiger partial charge is 0.343 e. The maximum absolute atomic E-state index is 12.3. The Balaban J connectivity index is 1.75. The van der Waals surface area contributed by atoms with Gasteiger partial charge in [-0.1, -0.05) is 6.42 Å². The molecular formula is C15H29N3O. The number of carbonyl (C=O) groups is 1. The summed E-state index contributed by atoms with van der Waals surface area (Å²) in [7, 11) is 4.26. The van der Waals surface area contributed by atoms with Gasteiger partial charge in [-0.2, -0.15) is 0 Å². The van der Waals surface area contributed by atoms with Crippen molar-refractivity contribution in [3.05, 3.63) is 0 Å². The Bertz CT molecular complexity index is 298. The van der Waals surface area contributed by atoms with Gasteiger partial charge in [0.05, 0.1) is 0 Å². The second-order valence-electron chi connectivity index (χ2n) is 6.57. The summed E-state index contributed by atoms with van der Waals surface area (Å²) in [5.41, 5.74) is 6.00. The number of amides is 1. The molecule has 1 aliphatic carbocycles. The van der Waals surface area contributed by atoms with Crippen LogP contribution in [0.2, 0.25) is 0 Å². The van der Waals surface area contributed by atoms with Crippen molar-refractivity contribution < 1.29 is 4.79 Å². The van der Waals surface area contributed by atoms with E-state index >= 15 is 0 Å². The maximum Gasteiger partial charge on any atom is 0.222 e. The van der Waals surface area contributed by atoms with E-state index in [1.54, 1.807) is 0 Å². The van der Waals surface area contributed by atoms with Crippen molar-refractivity contribution in [3.63, 3.8) is 0 Å². The topological polar surface area (TPSA) is 49.6 Å². The average molecular weight is 267 g/mol. The standard InChI is InChI=1S/C15H29N3O/c1-17(2)14-6-8-18(9-7-14)15(19)11-12-4-3-5-13(16)10-12/h12-14H,3-11,16H2,1-2H3. The zero-order valence-electron chi connectivity index (χ0n) is 12.5. The quantitative estimate of drug-likeness (QED) is 0.842. The summed E-state index contributed by atoms with van der Waals surface area (Å²) < 4.78 is 0. The number of carbonyl (C=O) groups excluding carboxylic acids is 1. The molecule has 0 bridgehead atoms. The third-order valence-electron chi connectivity index (χ3n) is 4.83. The van der Waals surface area contributed by atoms with Gasteiger partial charge in [-0.3, -0.25) is 4.79 Å². The van der Waals surface area contributed by atoms with E-state index in [0.29, 0.717) is 23.9 Å². The van der Waals surface area contributed by atoms with Gasteiger partial charge in [0.25, 0.3) is 0 Å². The summed E-state index contributed by atoms with van der Waals surface area (Å²) in [4.78, 5) is 16.7. The number of likely N-dealkylation sites (tertiary alicyclic amines) is 1. The smallest absolute Gasteiger partial charge is 0.222 e. The summed E-state index contributed by atoms with van der Waals surface area (Å²) in [6.45, 7) is 1.86. The molecular weight excluding hydrogens is 238 g/mol. The third kappa shape index (κ3) is 4.18. The van der Waals surface area contributed by atoms with E-state index in [4.69, 9.17) is 5.73 Å². The van der Waals surface area contributed by atoms with Crippen LogP contribution in [0.4, 0.5) is 0 Å². The van der Waals surface area contributed by atoms with E-state index in [-0.39, 0.29) is 0 Å². The molecule has 1 saturated heterocycles. The number of nitrogens with zero attached hydrogens (tertiary/aromatic N) is 2. The van der Waals surface area contributed by atoms with Crippen LogP contribution in [0.15, 0.2) is 0 Å². The highest BCUT2D eigenvalue weighted by molar-refractivity contribution is 5.76. The third-order valence-corrected chi connectivity index (χ3v) is 4.83. The number of hydrogen-bond acceptors (Lipinski definition) is 3. The van der Waals surface area contributed by atoms with Crippen molar-refractivity contribution in [1.82, 2.24) is 9.80 Å². The minimum absolute atomic E-state index is 0.325. The Kier molecular flexibility index (Phi) is 5.22. The van der Waals surface area contributed by atoms with Gasteiger partial charge in [-0.15, -0.1) is 0 Å². The summed E-state index contributed by atoms with van der Waals surface area (Å²) in [5.74, 6) is 0.888. The Hall–Kier alpha value is -0.610. The molecule has 1 saturated carbocycles. The van der Waals surface area contributed by atoms with Crippen LogP contribution in [0.25, 0.3) is 0 Å². The van der Waals surface area contributed by atoms with Crippen molar-refractivity contribution in [2.24, 2.45) is 11.7 Å². The molecule has 2 aliphatic rings.